The number of hydrogen-bond acceptors (Lipinski definition) is 15. The monoisotopic (exact) mass is 896 g/mol. The van der Waals surface area contributed by atoms with E-state index in [4.69, 9.17) is 24.2 Å². The van der Waals surface area contributed by atoms with E-state index in [2.05, 4.69) is 36.4 Å². The van der Waals surface area contributed by atoms with Crippen LogP contribution < -0.4 is 30.0 Å². The lowest BCUT2D eigenvalue weighted by molar-refractivity contribution is -0.136. The average molecular weight is 897 g/mol. The number of benzene rings is 2. The third kappa shape index (κ3) is 8.71. The molecule has 1 unspecified atom stereocenters. The van der Waals surface area contributed by atoms with Crippen LogP contribution in [0.3, 0.4) is 0 Å². The van der Waals surface area contributed by atoms with E-state index in [0.29, 0.717) is 76.4 Å². The van der Waals surface area contributed by atoms with Crippen molar-refractivity contribution in [3.8, 4) is 17.2 Å². The molecule has 2 aromatic carbocycles. The first-order valence-electron chi connectivity index (χ1n) is 22.4. The summed E-state index contributed by atoms with van der Waals surface area (Å²) in [4.78, 5) is 84.1. The zero-order valence-electron chi connectivity index (χ0n) is 37.5. The smallest absolute Gasteiger partial charge is 0.263 e. The summed E-state index contributed by atoms with van der Waals surface area (Å²) in [5.74, 6) is 0.543. The highest BCUT2D eigenvalue weighted by Crippen LogP contribution is 2.42. The van der Waals surface area contributed by atoms with E-state index < -0.39 is 11.9 Å². The Morgan fingerprint density at radius 2 is 1.67 bits per heavy atom. The molecule has 6 heterocycles. The number of ketones is 1. The van der Waals surface area contributed by atoms with Gasteiger partial charge in [0.05, 0.1) is 49.5 Å². The van der Waals surface area contributed by atoms with Crippen LogP contribution in [0, 0.1) is 6.92 Å². The number of pyridine rings is 2. The van der Waals surface area contributed by atoms with Gasteiger partial charge in [-0.1, -0.05) is 18.9 Å². The number of rotatable bonds is 14. The molecule has 18 heteroatoms. The summed E-state index contributed by atoms with van der Waals surface area (Å²) in [6.45, 7) is 7.79. The molecule has 3 aromatic heterocycles. The number of nitrogens with zero attached hydrogens (tertiary/aromatic N) is 9. The van der Waals surface area contributed by atoms with Crippen molar-refractivity contribution < 1.29 is 33.4 Å². The van der Waals surface area contributed by atoms with Crippen molar-refractivity contribution in [1.29, 1.82) is 0 Å². The number of anilines is 1. The molecule has 1 aliphatic carbocycles. The fourth-order valence-corrected chi connectivity index (χ4v) is 9.59. The molecule has 1 atom stereocenters. The first-order chi connectivity index (χ1) is 32.0. The third-order valence-electron chi connectivity index (χ3n) is 13.1. The molecule has 5 aromatic rings. The molecule has 1 N–H and O–H groups in total. The topological polar surface area (TPSA) is 203 Å². The molecular formula is C48H52N10O8. The van der Waals surface area contributed by atoms with Gasteiger partial charge in [-0.15, -0.1) is 0 Å². The van der Waals surface area contributed by atoms with Gasteiger partial charge in [-0.3, -0.25) is 43.7 Å². The second kappa shape index (κ2) is 18.8. The number of Topliss-reactive ketones (excluding diaryl/α,β-unsaturated/α-hetero) is 1. The zero-order valence-corrected chi connectivity index (χ0v) is 37.5. The minimum absolute atomic E-state index is 0.0200. The molecule has 342 valence electrons. The van der Waals surface area contributed by atoms with Crippen molar-refractivity contribution in [1.82, 2.24) is 34.6 Å². The van der Waals surface area contributed by atoms with Gasteiger partial charge in [0.15, 0.2) is 17.3 Å². The summed E-state index contributed by atoms with van der Waals surface area (Å²) < 4.78 is 19.4. The van der Waals surface area contributed by atoms with Crippen molar-refractivity contribution >= 4 is 51.6 Å². The van der Waals surface area contributed by atoms with Crippen LogP contribution >= 0.6 is 0 Å². The minimum Gasteiger partial charge on any atom is -0.493 e. The second-order valence-corrected chi connectivity index (χ2v) is 17.1. The fourth-order valence-electron chi connectivity index (χ4n) is 9.59. The Labute approximate surface area is 381 Å². The Kier molecular flexibility index (Phi) is 12.6. The number of hydrogen-bond donors (Lipinski definition) is 1. The Balaban J connectivity index is 0.793. The molecule has 1 saturated carbocycles. The molecule has 66 heavy (non-hydrogen) atoms. The predicted octanol–water partition coefficient (Wildman–Crippen LogP) is 5.80. The van der Waals surface area contributed by atoms with Gasteiger partial charge in [-0.05, 0) is 62.9 Å². The van der Waals surface area contributed by atoms with Gasteiger partial charge in [0.2, 0.25) is 17.6 Å². The van der Waals surface area contributed by atoms with E-state index in [1.54, 1.807) is 62.2 Å². The maximum absolute atomic E-state index is 13.6. The van der Waals surface area contributed by atoms with Crippen molar-refractivity contribution in [2.24, 2.45) is 10.2 Å². The molecule has 3 amide bonds. The number of methoxy groups -OCH3 is 2. The van der Waals surface area contributed by atoms with Crippen LogP contribution in [0.4, 0.5) is 17.1 Å². The van der Waals surface area contributed by atoms with E-state index in [0.717, 1.165) is 68.6 Å². The van der Waals surface area contributed by atoms with Crippen LogP contribution in [0.2, 0.25) is 0 Å². The van der Waals surface area contributed by atoms with Crippen molar-refractivity contribution in [2.45, 2.75) is 77.4 Å². The van der Waals surface area contributed by atoms with Crippen LogP contribution in [-0.2, 0) is 22.6 Å². The maximum atomic E-state index is 13.6. The Morgan fingerprint density at radius 3 is 2.35 bits per heavy atom. The standard InChI is InChI=1S/C48H52N10O8/c1-28-35-26-50-41(51-45(35)58(32-8-5-6-9-32)48(63)43(28)29(2)59)24-30-12-13-33(25-49-30)56-18-16-55(17-19-56)20-21-66-44-39(64-3)22-31(23-40(44)65-4)53-54-37-11-7-10-34-36(37)27-57(47(34)62)38-14-15-42(60)52-46(38)61/h7,10-13,22-23,25-26,32,38H,5-6,8-9,14-21,24,27H2,1-4H3,(H,52,60,61). The highest BCUT2D eigenvalue weighted by molar-refractivity contribution is 6.06. The van der Waals surface area contributed by atoms with Crippen molar-refractivity contribution in [3.63, 3.8) is 0 Å². The van der Waals surface area contributed by atoms with Crippen LogP contribution in [0.15, 0.2) is 69.9 Å². The largest absolute Gasteiger partial charge is 0.493 e. The molecule has 3 aliphatic heterocycles. The van der Waals surface area contributed by atoms with Crippen LogP contribution in [-0.4, -0.2) is 112 Å². The minimum atomic E-state index is -0.729. The Morgan fingerprint density at radius 1 is 0.909 bits per heavy atom. The van der Waals surface area contributed by atoms with Crippen LogP contribution in [0.25, 0.3) is 11.0 Å². The van der Waals surface area contributed by atoms with E-state index in [9.17, 15) is 24.0 Å². The number of aromatic nitrogens is 4. The van der Waals surface area contributed by atoms with Crippen molar-refractivity contribution in [3.05, 3.63) is 99.0 Å². The molecule has 0 bridgehead atoms. The molecule has 9 rings (SSSR count). The van der Waals surface area contributed by atoms with Gasteiger partial charge in [0.1, 0.15) is 24.1 Å². The van der Waals surface area contributed by atoms with Crippen LogP contribution in [0.1, 0.15) is 94.9 Å². The van der Waals surface area contributed by atoms with Gasteiger partial charge in [-0.2, -0.15) is 10.2 Å². The van der Waals surface area contributed by atoms with Crippen molar-refractivity contribution in [2.75, 3.05) is 58.5 Å². The third-order valence-corrected chi connectivity index (χ3v) is 13.1. The van der Waals surface area contributed by atoms with Gasteiger partial charge in [0, 0.05) is 92.3 Å². The van der Waals surface area contributed by atoms with Gasteiger partial charge in [0.25, 0.3) is 11.5 Å². The van der Waals surface area contributed by atoms with Gasteiger partial charge >= 0.3 is 0 Å². The number of ether oxygens (including phenoxy) is 3. The number of carbonyl (C=O) groups excluding carboxylic acids is 4. The number of fused-ring (bicyclic) bond motifs is 2. The quantitative estimate of drug-likeness (QED) is 0.0797. The number of piperazine rings is 1. The summed E-state index contributed by atoms with van der Waals surface area (Å²) in [7, 11) is 3.09. The number of piperidine rings is 1. The predicted molar refractivity (Wildman–Crippen MR) is 243 cm³/mol. The number of amides is 3. The SMILES string of the molecule is COc1cc(N=Nc2cccc3c2CN(C2CCC(=O)NC2=O)C3=O)cc(OC)c1OCCN1CCN(c2ccc(Cc3ncc4c(C)c(C(C)=O)c(=O)n(C5CCCC5)c4n3)nc2)CC1. The van der Waals surface area contributed by atoms with Gasteiger partial charge < -0.3 is 24.0 Å². The molecule has 0 spiro atoms. The summed E-state index contributed by atoms with van der Waals surface area (Å²) in [5, 5.41) is 12.0. The summed E-state index contributed by atoms with van der Waals surface area (Å²) in [6, 6.07) is 12.0. The summed E-state index contributed by atoms with van der Waals surface area (Å²) in [6.07, 6.45) is 8.35. The Hall–Kier alpha value is -7.08. The number of carbonyl (C=O) groups is 4. The lowest BCUT2D eigenvalue weighted by Gasteiger charge is -2.35. The fraction of sp³-hybridized carbons (Fsp3) is 0.417. The number of azo groups is 1. The first-order valence-corrected chi connectivity index (χ1v) is 22.4. The molecule has 3 fully saturated rings. The highest BCUT2D eigenvalue weighted by Gasteiger charge is 2.40. The normalized spacial score (nSPS) is 18.1. The second-order valence-electron chi connectivity index (χ2n) is 17.1. The molecule has 0 radical (unpaired) electrons. The average Bonchev–Trinajstić information content (AvgIpc) is 3.97. The highest BCUT2D eigenvalue weighted by atomic mass is 16.5. The van der Waals surface area contributed by atoms with E-state index in [1.807, 2.05) is 12.3 Å². The van der Waals surface area contributed by atoms with E-state index in [1.165, 1.54) is 11.8 Å². The lowest BCUT2D eigenvalue weighted by Crippen LogP contribution is -2.52. The maximum Gasteiger partial charge on any atom is 0.263 e. The molecule has 18 nitrogen and oxygen atoms in total. The molecular weight excluding hydrogens is 845 g/mol. The molecule has 4 aliphatic rings. The van der Waals surface area contributed by atoms with E-state index >= 15 is 0 Å². The number of nitrogens with one attached hydrogen (secondary N) is 1. The Bertz CT molecular complexity index is 2790. The summed E-state index contributed by atoms with van der Waals surface area (Å²) >= 11 is 0. The van der Waals surface area contributed by atoms with E-state index in [-0.39, 0.29) is 54.1 Å². The number of aryl methyl sites for hydroxylation is 1. The lowest BCUT2D eigenvalue weighted by atomic mass is 10.0. The van der Waals surface area contributed by atoms with Gasteiger partial charge in [-0.25, -0.2) is 9.97 Å². The summed E-state index contributed by atoms with van der Waals surface area (Å²) in [5.41, 5.74) is 5.08. The molecule has 2 saturated heterocycles. The van der Waals surface area contributed by atoms with Crippen LogP contribution in [0.5, 0.6) is 17.2 Å². The zero-order chi connectivity index (χ0) is 46.1. The first kappa shape index (κ1) is 44.1. The number of imide groups is 1.